The van der Waals surface area contributed by atoms with Gasteiger partial charge in [0, 0.05) is 6.04 Å². The average molecular weight is 236 g/mol. The number of hydrogen-bond acceptors (Lipinski definition) is 2. The van der Waals surface area contributed by atoms with Crippen LogP contribution in [0.5, 0.6) is 0 Å². The Bertz CT molecular complexity index is 264. The summed E-state index contributed by atoms with van der Waals surface area (Å²) < 4.78 is 0. The van der Waals surface area contributed by atoms with Crippen LogP contribution in [0.3, 0.4) is 0 Å². The molecule has 0 amide bonds. The molecule has 0 bridgehead atoms. The summed E-state index contributed by atoms with van der Waals surface area (Å²) in [5.74, 6) is 0.953. The van der Waals surface area contributed by atoms with E-state index in [4.69, 9.17) is 0 Å². The van der Waals surface area contributed by atoms with Crippen molar-refractivity contribution in [1.29, 1.82) is 0 Å². The lowest BCUT2D eigenvalue weighted by Gasteiger charge is -2.48. The zero-order valence-electron chi connectivity index (χ0n) is 11.4. The summed E-state index contributed by atoms with van der Waals surface area (Å²) in [4.78, 5) is 2.83. The molecule has 0 radical (unpaired) electrons. The van der Waals surface area contributed by atoms with Crippen molar-refractivity contribution < 1.29 is 0 Å². The van der Waals surface area contributed by atoms with Crippen molar-refractivity contribution in [2.75, 3.05) is 26.2 Å². The van der Waals surface area contributed by atoms with Gasteiger partial charge in [0.25, 0.3) is 0 Å². The van der Waals surface area contributed by atoms with Gasteiger partial charge in [-0.2, -0.15) is 0 Å². The monoisotopic (exact) mass is 236 g/mol. The van der Waals surface area contributed by atoms with Crippen molar-refractivity contribution in [3.05, 3.63) is 0 Å². The molecule has 3 atom stereocenters. The minimum atomic E-state index is 0.696. The summed E-state index contributed by atoms with van der Waals surface area (Å²) in [6.07, 6.45) is 10.2. The van der Waals surface area contributed by atoms with E-state index in [0.29, 0.717) is 5.41 Å². The Balaban J connectivity index is 1.81. The topological polar surface area (TPSA) is 15.3 Å². The highest BCUT2D eigenvalue weighted by Gasteiger charge is 2.52. The van der Waals surface area contributed by atoms with Gasteiger partial charge in [0.2, 0.25) is 0 Å². The summed E-state index contributed by atoms with van der Waals surface area (Å²) in [5, 5.41) is 3.65. The van der Waals surface area contributed by atoms with Crippen LogP contribution in [0, 0.1) is 11.3 Å². The number of rotatable bonds is 2. The number of piperidine rings is 2. The van der Waals surface area contributed by atoms with E-state index >= 15 is 0 Å². The zero-order valence-corrected chi connectivity index (χ0v) is 11.4. The third-order valence-electron chi connectivity index (χ3n) is 5.75. The van der Waals surface area contributed by atoms with Crippen LogP contribution in [-0.2, 0) is 0 Å². The van der Waals surface area contributed by atoms with E-state index in [-0.39, 0.29) is 0 Å². The average Bonchev–Trinajstić information content (AvgIpc) is 2.73. The largest absolute Gasteiger partial charge is 0.316 e. The molecule has 0 aliphatic carbocycles. The molecule has 3 aliphatic rings. The van der Waals surface area contributed by atoms with Crippen molar-refractivity contribution in [3.63, 3.8) is 0 Å². The molecule has 0 aromatic rings. The van der Waals surface area contributed by atoms with Gasteiger partial charge in [-0.05, 0) is 69.6 Å². The van der Waals surface area contributed by atoms with Crippen LogP contribution in [-0.4, -0.2) is 37.1 Å². The second-order valence-electron chi connectivity index (χ2n) is 6.47. The van der Waals surface area contributed by atoms with E-state index in [9.17, 15) is 0 Å². The van der Waals surface area contributed by atoms with Crippen LogP contribution in [0.4, 0.5) is 0 Å². The fourth-order valence-corrected chi connectivity index (χ4v) is 4.94. The zero-order chi connectivity index (χ0) is 11.7. The molecule has 2 heteroatoms. The molecular weight excluding hydrogens is 208 g/mol. The van der Waals surface area contributed by atoms with Crippen molar-refractivity contribution in [2.45, 2.75) is 57.9 Å². The molecule has 3 saturated heterocycles. The summed E-state index contributed by atoms with van der Waals surface area (Å²) in [5.41, 5.74) is 0.696. The van der Waals surface area contributed by atoms with E-state index in [1.807, 2.05) is 0 Å². The maximum Gasteiger partial charge on any atom is 0.0156 e. The first-order valence-corrected chi connectivity index (χ1v) is 7.81. The third kappa shape index (κ3) is 1.94. The molecule has 17 heavy (non-hydrogen) atoms. The molecule has 2 nitrogen and oxygen atoms in total. The molecule has 0 aromatic heterocycles. The molecule has 3 heterocycles. The highest BCUT2D eigenvalue weighted by Crippen LogP contribution is 2.51. The van der Waals surface area contributed by atoms with E-state index in [1.165, 1.54) is 71.1 Å². The predicted molar refractivity (Wildman–Crippen MR) is 72.1 cm³/mol. The van der Waals surface area contributed by atoms with Gasteiger partial charge in [-0.25, -0.2) is 0 Å². The minimum absolute atomic E-state index is 0.696. The maximum absolute atomic E-state index is 3.65. The van der Waals surface area contributed by atoms with E-state index in [2.05, 4.69) is 17.1 Å². The molecule has 3 fully saturated rings. The lowest BCUT2D eigenvalue weighted by molar-refractivity contribution is 0.0308. The Hall–Kier alpha value is -0.0800. The first kappa shape index (κ1) is 12.0. The fourth-order valence-electron chi connectivity index (χ4n) is 4.94. The Morgan fingerprint density at radius 3 is 3.06 bits per heavy atom. The number of nitrogens with one attached hydrogen (secondary N) is 1. The predicted octanol–water partition coefficient (Wildman–Crippen LogP) is 2.64. The van der Waals surface area contributed by atoms with E-state index < -0.39 is 0 Å². The van der Waals surface area contributed by atoms with Gasteiger partial charge < -0.3 is 5.32 Å². The molecule has 3 rings (SSSR count). The quantitative estimate of drug-likeness (QED) is 0.793. The summed E-state index contributed by atoms with van der Waals surface area (Å²) in [6.45, 7) is 7.70. The first-order chi connectivity index (χ1) is 8.37. The molecule has 0 aromatic carbocycles. The van der Waals surface area contributed by atoms with E-state index in [0.717, 1.165) is 12.0 Å². The van der Waals surface area contributed by atoms with Gasteiger partial charge in [-0.15, -0.1) is 0 Å². The van der Waals surface area contributed by atoms with Crippen LogP contribution in [0.25, 0.3) is 0 Å². The third-order valence-corrected chi connectivity index (χ3v) is 5.75. The second-order valence-corrected chi connectivity index (χ2v) is 6.47. The van der Waals surface area contributed by atoms with Crippen LogP contribution >= 0.6 is 0 Å². The lowest BCUT2D eigenvalue weighted by atomic mass is 9.63. The van der Waals surface area contributed by atoms with E-state index in [1.54, 1.807) is 0 Å². The minimum Gasteiger partial charge on any atom is -0.316 e. The highest BCUT2D eigenvalue weighted by molar-refractivity contribution is 5.05. The van der Waals surface area contributed by atoms with Crippen LogP contribution in [0.1, 0.15) is 51.9 Å². The van der Waals surface area contributed by atoms with Gasteiger partial charge in [0.1, 0.15) is 0 Å². The molecule has 3 unspecified atom stereocenters. The highest BCUT2D eigenvalue weighted by atomic mass is 15.2. The Labute approximate surface area is 106 Å². The molecule has 3 aliphatic heterocycles. The Morgan fingerprint density at radius 1 is 1.24 bits per heavy atom. The standard InChI is InChI=1S/C15H28N2/c1-2-5-13-12-16-9-7-15(13)8-11-17-10-4-3-6-14(15)17/h13-14,16H,2-12H2,1H3. The molecule has 1 N–H and O–H groups in total. The maximum atomic E-state index is 3.65. The van der Waals surface area contributed by atoms with Crippen LogP contribution in [0.15, 0.2) is 0 Å². The van der Waals surface area contributed by atoms with Gasteiger partial charge >= 0.3 is 0 Å². The number of hydrogen-bond donors (Lipinski definition) is 1. The number of fused-ring (bicyclic) bond motifs is 2. The Morgan fingerprint density at radius 2 is 2.18 bits per heavy atom. The van der Waals surface area contributed by atoms with Gasteiger partial charge in [-0.3, -0.25) is 4.90 Å². The van der Waals surface area contributed by atoms with Crippen molar-refractivity contribution in [1.82, 2.24) is 10.2 Å². The first-order valence-electron chi connectivity index (χ1n) is 7.81. The van der Waals surface area contributed by atoms with Crippen molar-refractivity contribution in [2.24, 2.45) is 11.3 Å². The summed E-state index contributed by atoms with van der Waals surface area (Å²) >= 11 is 0. The van der Waals surface area contributed by atoms with Crippen LogP contribution in [0.2, 0.25) is 0 Å². The molecular formula is C15H28N2. The number of nitrogens with zero attached hydrogens (tertiary/aromatic N) is 1. The Kier molecular flexibility index (Phi) is 3.45. The summed E-state index contributed by atoms with van der Waals surface area (Å²) in [6, 6.07) is 0.940. The fraction of sp³-hybridized carbons (Fsp3) is 1.00. The van der Waals surface area contributed by atoms with Gasteiger partial charge in [-0.1, -0.05) is 19.8 Å². The second kappa shape index (κ2) is 4.89. The van der Waals surface area contributed by atoms with Gasteiger partial charge in [0.05, 0.1) is 0 Å². The smallest absolute Gasteiger partial charge is 0.0156 e. The van der Waals surface area contributed by atoms with Crippen molar-refractivity contribution >= 4 is 0 Å². The summed E-state index contributed by atoms with van der Waals surface area (Å²) in [7, 11) is 0. The SMILES string of the molecule is CCCC1CNCCC12CCN1CCCCC12. The molecule has 98 valence electrons. The van der Waals surface area contributed by atoms with Crippen LogP contribution < -0.4 is 5.32 Å². The molecule has 0 saturated carbocycles. The molecule has 1 spiro atoms. The lowest BCUT2D eigenvalue weighted by Crippen LogP contribution is -2.53. The van der Waals surface area contributed by atoms with Crippen molar-refractivity contribution in [3.8, 4) is 0 Å². The normalized spacial score (nSPS) is 42.9. The van der Waals surface area contributed by atoms with Gasteiger partial charge in [0.15, 0.2) is 0 Å².